The summed E-state index contributed by atoms with van der Waals surface area (Å²) in [5, 5.41) is 15.0. The van der Waals surface area contributed by atoms with Crippen LogP contribution >= 0.6 is 11.3 Å². The molecule has 1 aromatic heterocycles. The molecular formula is C20H28N4O3S. The van der Waals surface area contributed by atoms with Gasteiger partial charge in [-0.15, -0.1) is 10.2 Å². The van der Waals surface area contributed by atoms with Crippen LogP contribution in [-0.4, -0.2) is 35.2 Å². The number of hydrogen-bond acceptors (Lipinski definition) is 6. The Morgan fingerprint density at radius 2 is 2.04 bits per heavy atom. The van der Waals surface area contributed by atoms with Crippen LogP contribution in [0.15, 0.2) is 24.3 Å². The number of benzene rings is 1. The molecule has 8 heteroatoms. The number of hydrogen-bond donors (Lipinski definition) is 2. The van der Waals surface area contributed by atoms with Crippen LogP contribution in [-0.2, 0) is 9.59 Å². The lowest BCUT2D eigenvalue weighted by atomic mass is 9.98. The summed E-state index contributed by atoms with van der Waals surface area (Å²) in [5.74, 6) is 0.366. The summed E-state index contributed by atoms with van der Waals surface area (Å²) in [7, 11) is 1.61. The second kappa shape index (κ2) is 10.8. The van der Waals surface area contributed by atoms with Crippen molar-refractivity contribution in [1.82, 2.24) is 15.5 Å². The van der Waals surface area contributed by atoms with Gasteiger partial charge in [0.05, 0.1) is 7.11 Å². The zero-order chi connectivity index (χ0) is 20.5. The topological polar surface area (TPSA) is 93.2 Å². The Bertz CT molecular complexity index is 793. The number of rotatable bonds is 10. The summed E-state index contributed by atoms with van der Waals surface area (Å²) < 4.78 is 5.23. The molecule has 0 fully saturated rings. The van der Waals surface area contributed by atoms with Gasteiger partial charge in [-0.2, -0.15) is 0 Å². The summed E-state index contributed by atoms with van der Waals surface area (Å²) >= 11 is 1.28. The number of nitrogens with zero attached hydrogens (tertiary/aromatic N) is 2. The fourth-order valence-electron chi connectivity index (χ4n) is 2.61. The molecule has 7 nitrogen and oxygen atoms in total. The van der Waals surface area contributed by atoms with Gasteiger partial charge in [0.2, 0.25) is 16.9 Å². The van der Waals surface area contributed by atoms with E-state index in [1.54, 1.807) is 7.11 Å². The second-order valence-corrected chi connectivity index (χ2v) is 7.65. The van der Waals surface area contributed by atoms with Crippen molar-refractivity contribution in [2.75, 3.05) is 12.4 Å². The molecule has 152 valence electrons. The largest absolute Gasteiger partial charge is 0.497 e. The highest BCUT2D eigenvalue weighted by Gasteiger charge is 2.26. The third-order valence-electron chi connectivity index (χ3n) is 4.54. The second-order valence-electron chi connectivity index (χ2n) is 6.67. The van der Waals surface area contributed by atoms with E-state index in [1.807, 2.05) is 45.0 Å². The van der Waals surface area contributed by atoms with E-state index in [0.717, 1.165) is 30.6 Å². The number of carbonyl (C=O) groups is 2. The van der Waals surface area contributed by atoms with E-state index in [4.69, 9.17) is 4.74 Å². The van der Waals surface area contributed by atoms with Crippen LogP contribution in [0, 0.1) is 5.92 Å². The number of nitrogens with one attached hydrogen (secondary N) is 2. The maximum Gasteiger partial charge on any atom is 0.249 e. The van der Waals surface area contributed by atoms with Crippen molar-refractivity contribution in [2.45, 2.75) is 52.5 Å². The quantitative estimate of drug-likeness (QED) is 0.627. The monoisotopic (exact) mass is 404 g/mol. The average Bonchev–Trinajstić information content (AvgIpc) is 3.18. The fraction of sp³-hybridized carbons (Fsp3) is 0.500. The zero-order valence-corrected chi connectivity index (χ0v) is 17.6. The molecule has 0 aliphatic heterocycles. The van der Waals surface area contributed by atoms with Gasteiger partial charge < -0.3 is 10.1 Å². The van der Waals surface area contributed by atoms with Gasteiger partial charge >= 0.3 is 0 Å². The van der Waals surface area contributed by atoms with Crippen molar-refractivity contribution in [3.8, 4) is 16.3 Å². The molecule has 1 heterocycles. The van der Waals surface area contributed by atoms with E-state index >= 15 is 0 Å². The smallest absolute Gasteiger partial charge is 0.249 e. The first-order chi connectivity index (χ1) is 13.5. The van der Waals surface area contributed by atoms with E-state index < -0.39 is 6.04 Å². The van der Waals surface area contributed by atoms with Crippen LogP contribution < -0.4 is 15.4 Å². The van der Waals surface area contributed by atoms with Crippen molar-refractivity contribution >= 4 is 28.3 Å². The highest BCUT2D eigenvalue weighted by atomic mass is 32.1. The molecule has 0 bridgehead atoms. The number of amides is 2. The first-order valence-electron chi connectivity index (χ1n) is 9.56. The molecule has 0 saturated heterocycles. The van der Waals surface area contributed by atoms with Crippen LogP contribution in [0.25, 0.3) is 10.6 Å². The molecular weight excluding hydrogens is 376 g/mol. The first kappa shape index (κ1) is 21.8. The molecule has 2 N–H and O–H groups in total. The van der Waals surface area contributed by atoms with Crippen molar-refractivity contribution in [2.24, 2.45) is 5.92 Å². The summed E-state index contributed by atoms with van der Waals surface area (Å²) in [6.45, 7) is 5.97. The maximum atomic E-state index is 12.8. The number of aromatic nitrogens is 2. The Balaban J connectivity index is 2.08. The van der Waals surface area contributed by atoms with E-state index in [9.17, 15) is 9.59 Å². The van der Waals surface area contributed by atoms with Crippen LogP contribution in [0.5, 0.6) is 5.75 Å². The molecule has 0 unspecified atom stereocenters. The molecule has 0 radical (unpaired) electrons. The SMILES string of the molecule is CCCCC(=O)N[C@H](C(=O)Nc1nnc(-c2cccc(OC)c2)s1)[C@H](C)CC. The Morgan fingerprint density at radius 3 is 2.71 bits per heavy atom. The summed E-state index contributed by atoms with van der Waals surface area (Å²) in [5.41, 5.74) is 0.865. The molecule has 2 atom stereocenters. The van der Waals surface area contributed by atoms with Crippen molar-refractivity contribution < 1.29 is 14.3 Å². The van der Waals surface area contributed by atoms with E-state index in [0.29, 0.717) is 16.6 Å². The molecule has 0 aliphatic carbocycles. The normalized spacial score (nSPS) is 12.9. The Kier molecular flexibility index (Phi) is 8.38. The highest BCUT2D eigenvalue weighted by Crippen LogP contribution is 2.29. The first-order valence-corrected chi connectivity index (χ1v) is 10.4. The standard InChI is InChI=1S/C20H28N4O3S/c1-5-7-11-16(25)21-17(13(3)6-2)18(26)22-20-24-23-19(28-20)14-9-8-10-15(12-14)27-4/h8-10,12-13,17H,5-7,11H2,1-4H3,(H,21,25)(H,22,24,26)/t13-,17+/m1/s1. The number of ether oxygens (including phenoxy) is 1. The zero-order valence-electron chi connectivity index (χ0n) is 16.8. The molecule has 2 amide bonds. The van der Waals surface area contributed by atoms with Crippen molar-refractivity contribution in [1.29, 1.82) is 0 Å². The van der Waals surface area contributed by atoms with Gasteiger partial charge in [-0.05, 0) is 24.5 Å². The minimum Gasteiger partial charge on any atom is -0.497 e. The predicted molar refractivity (Wildman–Crippen MR) is 111 cm³/mol. The van der Waals surface area contributed by atoms with Gasteiger partial charge in [0.15, 0.2) is 0 Å². The van der Waals surface area contributed by atoms with E-state index in [1.165, 1.54) is 11.3 Å². The van der Waals surface area contributed by atoms with Gasteiger partial charge in [-0.25, -0.2) is 0 Å². The van der Waals surface area contributed by atoms with Crippen molar-refractivity contribution in [3.63, 3.8) is 0 Å². The predicted octanol–water partition coefficient (Wildman–Crippen LogP) is 3.87. The molecule has 2 rings (SSSR count). The van der Waals surface area contributed by atoms with Gasteiger partial charge in [-0.1, -0.05) is 57.1 Å². The van der Waals surface area contributed by atoms with Crippen LogP contribution in [0.3, 0.4) is 0 Å². The molecule has 0 saturated carbocycles. The number of carbonyl (C=O) groups excluding carboxylic acids is 2. The summed E-state index contributed by atoms with van der Waals surface area (Å²) in [6, 6.07) is 6.90. The Hall–Kier alpha value is -2.48. The lowest BCUT2D eigenvalue weighted by molar-refractivity contribution is -0.127. The average molecular weight is 405 g/mol. The summed E-state index contributed by atoms with van der Waals surface area (Å²) in [4.78, 5) is 24.9. The lowest BCUT2D eigenvalue weighted by Gasteiger charge is -2.22. The Morgan fingerprint density at radius 1 is 1.25 bits per heavy atom. The number of unbranched alkanes of at least 4 members (excludes halogenated alkanes) is 1. The molecule has 2 aromatic rings. The van der Waals surface area contributed by atoms with E-state index in [-0.39, 0.29) is 17.7 Å². The Labute approximate surface area is 169 Å². The van der Waals surface area contributed by atoms with Crippen LogP contribution in [0.1, 0.15) is 46.5 Å². The molecule has 0 spiro atoms. The maximum absolute atomic E-state index is 12.8. The highest BCUT2D eigenvalue weighted by molar-refractivity contribution is 7.18. The fourth-order valence-corrected chi connectivity index (χ4v) is 3.36. The minimum absolute atomic E-state index is 0.0105. The molecule has 0 aliphatic rings. The summed E-state index contributed by atoms with van der Waals surface area (Å²) in [6.07, 6.45) is 2.94. The van der Waals surface area contributed by atoms with Gasteiger partial charge in [0.1, 0.15) is 16.8 Å². The van der Waals surface area contributed by atoms with E-state index in [2.05, 4.69) is 20.8 Å². The number of methoxy groups -OCH3 is 1. The minimum atomic E-state index is -0.599. The van der Waals surface area contributed by atoms with Crippen molar-refractivity contribution in [3.05, 3.63) is 24.3 Å². The third kappa shape index (κ3) is 6.02. The number of anilines is 1. The van der Waals surface area contributed by atoms with Gasteiger partial charge in [0.25, 0.3) is 0 Å². The molecule has 1 aromatic carbocycles. The van der Waals surface area contributed by atoms with Gasteiger partial charge in [0, 0.05) is 12.0 Å². The lowest BCUT2D eigenvalue weighted by Crippen LogP contribution is -2.47. The molecule has 28 heavy (non-hydrogen) atoms. The third-order valence-corrected chi connectivity index (χ3v) is 5.43. The van der Waals surface area contributed by atoms with Gasteiger partial charge in [-0.3, -0.25) is 14.9 Å². The van der Waals surface area contributed by atoms with Crippen LogP contribution in [0.2, 0.25) is 0 Å². The van der Waals surface area contributed by atoms with Crippen LogP contribution in [0.4, 0.5) is 5.13 Å².